The van der Waals surface area contributed by atoms with Gasteiger partial charge in [-0.05, 0) is 61.6 Å². The molecule has 0 saturated carbocycles. The van der Waals surface area contributed by atoms with E-state index in [2.05, 4.69) is 29.9 Å². The van der Waals surface area contributed by atoms with E-state index in [1.807, 2.05) is 42.9 Å². The lowest BCUT2D eigenvalue weighted by Gasteiger charge is -2.05. The van der Waals surface area contributed by atoms with E-state index in [9.17, 15) is 0 Å². The molecule has 0 aliphatic rings. The third-order valence-corrected chi connectivity index (χ3v) is 5.41. The number of ether oxygens (including phenoxy) is 1. The highest BCUT2D eigenvalue weighted by molar-refractivity contribution is 5.55. The van der Waals surface area contributed by atoms with Crippen LogP contribution in [0.3, 0.4) is 0 Å². The van der Waals surface area contributed by atoms with Gasteiger partial charge in [-0.3, -0.25) is 0 Å². The number of hydrogen-bond donors (Lipinski definition) is 0. The van der Waals surface area contributed by atoms with Crippen molar-refractivity contribution >= 4 is 0 Å². The molecule has 0 amide bonds. The van der Waals surface area contributed by atoms with Crippen molar-refractivity contribution in [3.63, 3.8) is 0 Å². The van der Waals surface area contributed by atoms with Crippen LogP contribution >= 0.6 is 0 Å². The fourth-order valence-electron chi connectivity index (χ4n) is 3.49. The highest BCUT2D eigenvalue weighted by Gasteiger charge is 2.02. The maximum atomic E-state index is 5.70. The summed E-state index contributed by atoms with van der Waals surface area (Å²) in [5.74, 6) is 1.62. The molecule has 0 atom stereocenters. The summed E-state index contributed by atoms with van der Waals surface area (Å²) in [5.41, 5.74) is 2.25. The molecule has 0 aliphatic carbocycles. The SMILES string of the molecule is CCCCCCC/C=C\Oc1ccc(-c2ncc(CCCCCCCC)cn2)cc1. The number of nitrogens with zero attached hydrogens (tertiary/aromatic N) is 2. The molecule has 2 rings (SSSR count). The van der Waals surface area contributed by atoms with E-state index in [4.69, 9.17) is 4.74 Å². The summed E-state index contributed by atoms with van der Waals surface area (Å²) >= 11 is 0. The first-order valence-electron chi connectivity index (χ1n) is 12.1. The van der Waals surface area contributed by atoms with Gasteiger partial charge in [0.15, 0.2) is 5.82 Å². The molecule has 1 aromatic carbocycles. The lowest BCUT2D eigenvalue weighted by atomic mass is 10.1. The molecule has 0 bridgehead atoms. The van der Waals surface area contributed by atoms with Crippen molar-refractivity contribution in [2.75, 3.05) is 0 Å². The summed E-state index contributed by atoms with van der Waals surface area (Å²) < 4.78 is 5.70. The van der Waals surface area contributed by atoms with Crippen LogP contribution in [0.4, 0.5) is 0 Å². The minimum absolute atomic E-state index is 0.774. The summed E-state index contributed by atoms with van der Waals surface area (Å²) in [6, 6.07) is 8.01. The number of benzene rings is 1. The second-order valence-electron chi connectivity index (χ2n) is 8.15. The van der Waals surface area contributed by atoms with Crippen molar-refractivity contribution in [2.24, 2.45) is 0 Å². The predicted molar refractivity (Wildman–Crippen MR) is 128 cm³/mol. The summed E-state index contributed by atoms with van der Waals surface area (Å²) in [5, 5.41) is 0. The largest absolute Gasteiger partial charge is 0.465 e. The number of aryl methyl sites for hydroxylation is 1. The Morgan fingerprint density at radius 3 is 2.00 bits per heavy atom. The maximum absolute atomic E-state index is 5.70. The van der Waals surface area contributed by atoms with Crippen LogP contribution in [-0.2, 0) is 6.42 Å². The van der Waals surface area contributed by atoms with Crippen molar-refractivity contribution < 1.29 is 4.74 Å². The van der Waals surface area contributed by atoms with E-state index >= 15 is 0 Å². The zero-order valence-corrected chi connectivity index (χ0v) is 19.1. The van der Waals surface area contributed by atoms with Crippen LogP contribution in [0.5, 0.6) is 5.75 Å². The maximum Gasteiger partial charge on any atom is 0.159 e. The topological polar surface area (TPSA) is 35.0 Å². The van der Waals surface area contributed by atoms with Gasteiger partial charge in [-0.15, -0.1) is 0 Å². The Morgan fingerprint density at radius 1 is 0.733 bits per heavy atom. The summed E-state index contributed by atoms with van der Waals surface area (Å²) in [6.45, 7) is 4.51. The Bertz CT molecular complexity index is 692. The standard InChI is InChI=1S/C27H40N2O/c1-3-5-7-9-11-13-15-21-30-26-19-17-25(18-20-26)27-28-22-24(23-29-27)16-14-12-10-8-6-4-2/h15,17-23H,3-14,16H2,1-2H3/b21-15-. The highest BCUT2D eigenvalue weighted by Crippen LogP contribution is 2.20. The molecule has 1 aromatic heterocycles. The smallest absolute Gasteiger partial charge is 0.159 e. The third-order valence-electron chi connectivity index (χ3n) is 5.41. The van der Waals surface area contributed by atoms with Crippen LogP contribution in [0.25, 0.3) is 11.4 Å². The lowest BCUT2D eigenvalue weighted by Crippen LogP contribution is -1.93. The van der Waals surface area contributed by atoms with Crippen molar-refractivity contribution in [3.8, 4) is 17.1 Å². The molecule has 2 aromatic rings. The van der Waals surface area contributed by atoms with E-state index in [1.165, 1.54) is 76.2 Å². The van der Waals surface area contributed by atoms with Crippen LogP contribution in [0.2, 0.25) is 0 Å². The minimum atomic E-state index is 0.774. The van der Waals surface area contributed by atoms with Gasteiger partial charge in [-0.2, -0.15) is 0 Å². The van der Waals surface area contributed by atoms with Gasteiger partial charge in [0.2, 0.25) is 0 Å². The first kappa shape index (κ1) is 24.1. The zero-order chi connectivity index (χ0) is 21.3. The van der Waals surface area contributed by atoms with Crippen LogP contribution in [0, 0.1) is 0 Å². The van der Waals surface area contributed by atoms with Crippen LogP contribution in [0.15, 0.2) is 49.0 Å². The van der Waals surface area contributed by atoms with Gasteiger partial charge in [-0.1, -0.05) is 71.6 Å². The first-order valence-corrected chi connectivity index (χ1v) is 12.1. The molecule has 0 fully saturated rings. The predicted octanol–water partition coefficient (Wildman–Crippen LogP) is 8.30. The van der Waals surface area contributed by atoms with E-state index < -0.39 is 0 Å². The van der Waals surface area contributed by atoms with Crippen LogP contribution < -0.4 is 4.74 Å². The van der Waals surface area contributed by atoms with Crippen molar-refractivity contribution in [3.05, 3.63) is 54.6 Å². The molecule has 30 heavy (non-hydrogen) atoms. The van der Waals surface area contributed by atoms with Gasteiger partial charge >= 0.3 is 0 Å². The number of rotatable bonds is 16. The van der Waals surface area contributed by atoms with Gasteiger partial charge in [0.1, 0.15) is 5.75 Å². The molecule has 164 valence electrons. The zero-order valence-electron chi connectivity index (χ0n) is 19.1. The third kappa shape index (κ3) is 10.0. The Morgan fingerprint density at radius 2 is 1.33 bits per heavy atom. The second kappa shape index (κ2) is 15.6. The number of aromatic nitrogens is 2. The molecule has 0 radical (unpaired) electrons. The van der Waals surface area contributed by atoms with Gasteiger partial charge < -0.3 is 4.74 Å². The lowest BCUT2D eigenvalue weighted by molar-refractivity contribution is 0.477. The molecule has 1 heterocycles. The second-order valence-corrected chi connectivity index (χ2v) is 8.15. The van der Waals surface area contributed by atoms with Crippen molar-refractivity contribution in [2.45, 2.75) is 97.3 Å². The average molecular weight is 409 g/mol. The average Bonchev–Trinajstić information content (AvgIpc) is 2.79. The Balaban J connectivity index is 1.70. The Hall–Kier alpha value is -2.16. The van der Waals surface area contributed by atoms with E-state index in [1.54, 1.807) is 0 Å². The fraction of sp³-hybridized carbons (Fsp3) is 0.556. The van der Waals surface area contributed by atoms with E-state index in [0.29, 0.717) is 0 Å². The summed E-state index contributed by atoms with van der Waals surface area (Å²) in [7, 11) is 0. The molecule has 0 spiro atoms. The minimum Gasteiger partial charge on any atom is -0.465 e. The summed E-state index contributed by atoms with van der Waals surface area (Å²) in [4.78, 5) is 9.12. The van der Waals surface area contributed by atoms with E-state index in [0.717, 1.165) is 30.0 Å². The molecule has 0 aliphatic heterocycles. The first-order chi connectivity index (χ1) is 14.8. The summed E-state index contributed by atoms with van der Waals surface area (Å²) in [6.07, 6.45) is 24.5. The number of unbranched alkanes of at least 4 members (excludes halogenated alkanes) is 10. The monoisotopic (exact) mass is 408 g/mol. The molecular weight excluding hydrogens is 368 g/mol. The molecule has 3 nitrogen and oxygen atoms in total. The molecule has 0 N–H and O–H groups in total. The molecule has 0 saturated heterocycles. The van der Waals surface area contributed by atoms with Crippen LogP contribution in [-0.4, -0.2) is 9.97 Å². The van der Waals surface area contributed by atoms with Gasteiger partial charge in [0.25, 0.3) is 0 Å². The van der Waals surface area contributed by atoms with Gasteiger partial charge in [0.05, 0.1) is 6.26 Å². The molecule has 0 unspecified atom stereocenters. The normalized spacial score (nSPS) is 11.3. The highest BCUT2D eigenvalue weighted by atomic mass is 16.5. The number of allylic oxidation sites excluding steroid dienone is 1. The van der Waals surface area contributed by atoms with Crippen molar-refractivity contribution in [1.29, 1.82) is 0 Å². The Labute approximate surface area is 184 Å². The fourth-order valence-corrected chi connectivity index (χ4v) is 3.49. The van der Waals surface area contributed by atoms with Crippen LogP contribution in [0.1, 0.15) is 96.5 Å². The van der Waals surface area contributed by atoms with Gasteiger partial charge in [-0.25, -0.2) is 9.97 Å². The molecule has 3 heteroatoms. The van der Waals surface area contributed by atoms with Crippen molar-refractivity contribution in [1.82, 2.24) is 9.97 Å². The van der Waals surface area contributed by atoms with Gasteiger partial charge in [0, 0.05) is 18.0 Å². The van der Waals surface area contributed by atoms with E-state index in [-0.39, 0.29) is 0 Å². The Kier molecular flexibility index (Phi) is 12.6. The number of hydrogen-bond acceptors (Lipinski definition) is 3. The molecular formula is C27H40N2O. The quantitative estimate of drug-likeness (QED) is 0.207.